The molecule has 0 aliphatic rings. The van der Waals surface area contributed by atoms with E-state index in [4.69, 9.17) is 5.21 Å². The molecule has 0 spiro atoms. The first kappa shape index (κ1) is 14.4. The number of nitrogens with zero attached hydrogens (tertiary/aromatic N) is 2. The highest BCUT2D eigenvalue weighted by Gasteiger charge is 2.19. The summed E-state index contributed by atoms with van der Waals surface area (Å²) in [6, 6.07) is 3.69. The van der Waals surface area contributed by atoms with Crippen molar-refractivity contribution < 1.29 is 19.9 Å². The molecule has 3 N–H and O–H groups in total. The number of thiazole rings is 1. The van der Waals surface area contributed by atoms with Crippen molar-refractivity contribution in [3.05, 3.63) is 33.5 Å². The Kier molecular flexibility index (Phi) is 4.66. The Morgan fingerprint density at radius 1 is 1.40 bits per heavy atom. The molecular weight excluding hydrogens is 302 g/mol. The Hall–Kier alpha value is -1.97. The molecule has 106 valence electrons. The van der Waals surface area contributed by atoms with Gasteiger partial charge >= 0.3 is 6.09 Å². The smallest absolute Gasteiger partial charge is 0.413 e. The van der Waals surface area contributed by atoms with Crippen molar-refractivity contribution in [1.29, 1.82) is 0 Å². The lowest BCUT2D eigenvalue weighted by Gasteiger charge is -2.14. The minimum absolute atomic E-state index is 0.0978. The normalized spacial score (nSPS) is 10.2. The van der Waals surface area contributed by atoms with Crippen LogP contribution in [0.1, 0.15) is 10.6 Å². The number of aromatic nitrogens is 1. The second-order valence-electron chi connectivity index (χ2n) is 3.78. The van der Waals surface area contributed by atoms with Crippen LogP contribution in [0.4, 0.5) is 9.93 Å². The van der Waals surface area contributed by atoms with Crippen molar-refractivity contribution >= 4 is 39.8 Å². The van der Waals surface area contributed by atoms with Crippen LogP contribution in [-0.4, -0.2) is 27.3 Å². The van der Waals surface area contributed by atoms with E-state index in [1.165, 1.54) is 16.8 Å². The summed E-state index contributed by atoms with van der Waals surface area (Å²) < 4.78 is 0. The Morgan fingerprint density at radius 3 is 2.80 bits per heavy atom. The average molecular weight is 313 g/mol. The molecule has 0 unspecified atom stereocenters. The summed E-state index contributed by atoms with van der Waals surface area (Å²) in [4.78, 5) is 28.4. The number of nitrogens with one attached hydrogen (secondary N) is 1. The summed E-state index contributed by atoms with van der Waals surface area (Å²) in [5.41, 5.74) is 1.92. The van der Waals surface area contributed by atoms with E-state index >= 15 is 0 Å². The summed E-state index contributed by atoms with van der Waals surface area (Å²) in [5, 5.41) is 21.4. The van der Waals surface area contributed by atoms with E-state index in [1.807, 2.05) is 17.5 Å². The molecular formula is C11H11N3O4S2. The van der Waals surface area contributed by atoms with E-state index in [9.17, 15) is 14.7 Å². The third-order valence-corrected chi connectivity index (χ3v) is 4.14. The molecule has 0 fully saturated rings. The lowest BCUT2D eigenvalue weighted by Crippen LogP contribution is -2.28. The molecule has 0 aromatic carbocycles. The third-order valence-electron chi connectivity index (χ3n) is 2.36. The first-order chi connectivity index (χ1) is 9.60. The van der Waals surface area contributed by atoms with Gasteiger partial charge in [0.25, 0.3) is 0 Å². The number of thiophene rings is 1. The molecule has 0 bridgehead atoms. The first-order valence-corrected chi connectivity index (χ1v) is 7.26. The van der Waals surface area contributed by atoms with Crippen molar-refractivity contribution in [2.75, 3.05) is 4.90 Å². The molecule has 20 heavy (non-hydrogen) atoms. The standard InChI is InChI=1S/C11H11N3O4S2/c15-9(13-18)4-7-6-20-10(12-7)14(11(16)17)5-8-2-1-3-19-8/h1-3,6,18H,4-5H2,(H,13,15)(H,16,17). The number of rotatable bonds is 5. The highest BCUT2D eigenvalue weighted by molar-refractivity contribution is 7.14. The molecule has 0 aliphatic heterocycles. The van der Waals surface area contributed by atoms with Crippen LogP contribution in [0.5, 0.6) is 0 Å². The van der Waals surface area contributed by atoms with Crippen LogP contribution in [-0.2, 0) is 17.8 Å². The number of hydrogen-bond acceptors (Lipinski definition) is 6. The number of hydroxylamine groups is 1. The van der Waals surface area contributed by atoms with E-state index in [1.54, 1.807) is 5.38 Å². The van der Waals surface area contributed by atoms with Crippen LogP contribution in [0.2, 0.25) is 0 Å². The first-order valence-electron chi connectivity index (χ1n) is 5.50. The fraction of sp³-hybridized carbons (Fsp3) is 0.182. The molecule has 0 saturated carbocycles. The van der Waals surface area contributed by atoms with Crippen LogP contribution in [0.3, 0.4) is 0 Å². The SMILES string of the molecule is O=C(Cc1csc(N(Cc2cccs2)C(=O)O)n1)NO. The predicted molar refractivity (Wildman–Crippen MR) is 74.3 cm³/mol. The number of carbonyl (C=O) groups excluding carboxylic acids is 1. The van der Waals surface area contributed by atoms with Crippen molar-refractivity contribution in [2.24, 2.45) is 0 Å². The topological polar surface area (TPSA) is 103 Å². The number of amides is 2. The predicted octanol–water partition coefficient (Wildman–Crippen LogP) is 1.94. The second kappa shape index (κ2) is 6.46. The number of hydrogen-bond donors (Lipinski definition) is 3. The minimum atomic E-state index is -1.11. The molecule has 2 rings (SSSR count). The second-order valence-corrected chi connectivity index (χ2v) is 5.65. The highest BCUT2D eigenvalue weighted by atomic mass is 32.1. The van der Waals surface area contributed by atoms with Gasteiger partial charge in [0.2, 0.25) is 5.91 Å². The highest BCUT2D eigenvalue weighted by Crippen LogP contribution is 2.24. The zero-order valence-corrected chi connectivity index (χ0v) is 11.8. The Bertz CT molecular complexity index is 597. The van der Waals surface area contributed by atoms with Crippen LogP contribution in [0, 0.1) is 0 Å². The van der Waals surface area contributed by atoms with Gasteiger partial charge in [-0.25, -0.2) is 20.2 Å². The maximum absolute atomic E-state index is 11.3. The largest absolute Gasteiger partial charge is 0.465 e. The Morgan fingerprint density at radius 2 is 2.20 bits per heavy atom. The lowest BCUT2D eigenvalue weighted by molar-refractivity contribution is -0.128. The summed E-state index contributed by atoms with van der Waals surface area (Å²) in [7, 11) is 0. The van der Waals surface area contributed by atoms with Crippen molar-refractivity contribution in [2.45, 2.75) is 13.0 Å². The maximum atomic E-state index is 11.3. The number of carboxylic acid groups (broad SMARTS) is 1. The van der Waals surface area contributed by atoms with Gasteiger partial charge in [0, 0.05) is 10.3 Å². The van der Waals surface area contributed by atoms with E-state index < -0.39 is 12.0 Å². The molecule has 2 aromatic rings. The Labute approximate surface area is 122 Å². The van der Waals surface area contributed by atoms with E-state index in [0.29, 0.717) is 10.8 Å². The lowest BCUT2D eigenvalue weighted by atomic mass is 10.3. The van der Waals surface area contributed by atoms with Gasteiger partial charge in [-0.2, -0.15) is 0 Å². The zero-order chi connectivity index (χ0) is 14.5. The zero-order valence-electron chi connectivity index (χ0n) is 10.1. The minimum Gasteiger partial charge on any atom is -0.465 e. The van der Waals surface area contributed by atoms with Gasteiger partial charge in [0.05, 0.1) is 18.7 Å². The van der Waals surface area contributed by atoms with Gasteiger partial charge in [-0.15, -0.1) is 22.7 Å². The molecule has 2 aromatic heterocycles. The molecule has 0 saturated heterocycles. The van der Waals surface area contributed by atoms with Gasteiger partial charge in [0.1, 0.15) is 0 Å². The van der Waals surface area contributed by atoms with Gasteiger partial charge in [0.15, 0.2) is 5.13 Å². The number of anilines is 1. The van der Waals surface area contributed by atoms with Crippen LogP contribution in [0.15, 0.2) is 22.9 Å². The molecule has 0 atom stereocenters. The number of carbonyl (C=O) groups is 2. The quantitative estimate of drug-likeness (QED) is 0.578. The molecule has 2 amide bonds. The summed E-state index contributed by atoms with van der Waals surface area (Å²) in [6.07, 6.45) is -1.20. The Balaban J connectivity index is 2.13. The fourth-order valence-corrected chi connectivity index (χ4v) is 2.99. The van der Waals surface area contributed by atoms with E-state index in [-0.39, 0.29) is 13.0 Å². The van der Waals surface area contributed by atoms with Crippen molar-refractivity contribution in [1.82, 2.24) is 10.5 Å². The van der Waals surface area contributed by atoms with Gasteiger partial charge in [-0.1, -0.05) is 6.07 Å². The van der Waals surface area contributed by atoms with Crippen molar-refractivity contribution in [3.8, 4) is 0 Å². The van der Waals surface area contributed by atoms with E-state index in [0.717, 1.165) is 21.1 Å². The van der Waals surface area contributed by atoms with Gasteiger partial charge in [-0.05, 0) is 11.4 Å². The maximum Gasteiger partial charge on any atom is 0.413 e. The fourth-order valence-electron chi connectivity index (χ4n) is 1.48. The van der Waals surface area contributed by atoms with Crippen LogP contribution in [0.25, 0.3) is 0 Å². The van der Waals surface area contributed by atoms with Crippen LogP contribution < -0.4 is 10.4 Å². The van der Waals surface area contributed by atoms with E-state index in [2.05, 4.69) is 4.98 Å². The average Bonchev–Trinajstić information content (AvgIpc) is 3.06. The van der Waals surface area contributed by atoms with Crippen molar-refractivity contribution in [3.63, 3.8) is 0 Å². The summed E-state index contributed by atoms with van der Waals surface area (Å²) in [5.74, 6) is -0.595. The summed E-state index contributed by atoms with van der Waals surface area (Å²) in [6.45, 7) is 0.214. The molecule has 7 nitrogen and oxygen atoms in total. The van der Waals surface area contributed by atoms with Gasteiger partial charge < -0.3 is 5.11 Å². The van der Waals surface area contributed by atoms with Gasteiger partial charge in [-0.3, -0.25) is 10.0 Å². The third kappa shape index (κ3) is 3.53. The summed E-state index contributed by atoms with van der Waals surface area (Å²) >= 11 is 2.60. The molecule has 2 heterocycles. The monoisotopic (exact) mass is 313 g/mol. The molecule has 9 heteroatoms. The van der Waals surface area contributed by atoms with Crippen LogP contribution >= 0.6 is 22.7 Å². The molecule has 0 radical (unpaired) electrons. The molecule has 0 aliphatic carbocycles.